The number of aromatic nitrogens is 4. The van der Waals surface area contributed by atoms with E-state index in [-0.39, 0.29) is 5.92 Å². The number of anilines is 3. The van der Waals surface area contributed by atoms with Crippen molar-refractivity contribution >= 4 is 34.0 Å². The molecule has 0 fully saturated rings. The molecule has 0 spiro atoms. The Morgan fingerprint density at radius 1 is 0.946 bits per heavy atom. The van der Waals surface area contributed by atoms with Gasteiger partial charge in [-0.2, -0.15) is 5.10 Å². The summed E-state index contributed by atoms with van der Waals surface area (Å²) in [5.41, 5.74) is 16.9. The van der Waals surface area contributed by atoms with Gasteiger partial charge in [-0.3, -0.25) is 9.89 Å². The number of carbonyl (C=O) groups excluding carboxylic acids is 1. The van der Waals surface area contributed by atoms with Gasteiger partial charge in [0.05, 0.1) is 11.7 Å². The lowest BCUT2D eigenvalue weighted by atomic mass is 10.1. The number of para-hydroxylation sites is 1. The predicted molar refractivity (Wildman–Crippen MR) is 150 cm³/mol. The molecule has 3 aromatic carbocycles. The summed E-state index contributed by atoms with van der Waals surface area (Å²) in [7, 11) is 0. The van der Waals surface area contributed by atoms with E-state index in [1.807, 2.05) is 80.7 Å². The van der Waals surface area contributed by atoms with E-state index >= 15 is 0 Å². The van der Waals surface area contributed by atoms with Crippen molar-refractivity contribution in [1.29, 1.82) is 0 Å². The Hall–Kier alpha value is -4.98. The number of carbonyl (C=O) groups is 1. The molecule has 0 saturated carbocycles. The molecule has 1 amide bonds. The molecule has 186 valence electrons. The van der Waals surface area contributed by atoms with Gasteiger partial charge in [0.1, 0.15) is 5.82 Å². The zero-order chi connectivity index (χ0) is 26.4. The van der Waals surface area contributed by atoms with E-state index in [1.165, 1.54) is 0 Å². The van der Waals surface area contributed by atoms with E-state index in [1.54, 1.807) is 6.20 Å². The minimum Gasteiger partial charge on any atom is -0.399 e. The normalized spacial score (nSPS) is 10.6. The van der Waals surface area contributed by atoms with Crippen molar-refractivity contribution in [2.24, 2.45) is 11.7 Å². The standard InChI is InChI=1S/C23H18N6.C6H11NO/c24-18-5-3-4-16(12-18)22-28-21-7-2-1-6-20(21)23(29-22)27-19-10-8-15(9-11-19)17-13-25-26-14-17;1-4(2)5(3)6(7)8/h1-14H,24H2,(H,25,26)(H,27,28,29);4H,3H2,1-2H3,(H2,7,8). The third-order valence-corrected chi connectivity index (χ3v) is 5.74. The van der Waals surface area contributed by atoms with Crippen LogP contribution in [0, 0.1) is 5.92 Å². The Labute approximate surface area is 215 Å². The Morgan fingerprint density at radius 2 is 1.70 bits per heavy atom. The van der Waals surface area contributed by atoms with E-state index in [0.29, 0.717) is 17.1 Å². The lowest BCUT2D eigenvalue weighted by molar-refractivity contribution is -0.114. The molecule has 0 aliphatic carbocycles. The summed E-state index contributed by atoms with van der Waals surface area (Å²) in [6, 6.07) is 23.7. The van der Waals surface area contributed by atoms with Crippen LogP contribution in [0.25, 0.3) is 33.4 Å². The van der Waals surface area contributed by atoms with E-state index in [2.05, 4.69) is 34.2 Å². The van der Waals surface area contributed by atoms with Crippen LogP contribution in [-0.2, 0) is 4.79 Å². The first-order valence-electron chi connectivity index (χ1n) is 11.8. The maximum absolute atomic E-state index is 10.3. The molecule has 2 heterocycles. The summed E-state index contributed by atoms with van der Waals surface area (Å²) >= 11 is 0. The number of hydrogen-bond acceptors (Lipinski definition) is 6. The molecule has 5 aromatic rings. The molecule has 5 rings (SSSR count). The maximum atomic E-state index is 10.3. The predicted octanol–water partition coefficient (Wildman–Crippen LogP) is 5.70. The SMILES string of the molecule is C=C(C(N)=O)C(C)C.Nc1cccc(-c2nc(Nc3ccc(-c4cn[nH]c4)cc3)c3ccccc3n2)c1. The average molecular weight is 492 g/mol. The third-order valence-electron chi connectivity index (χ3n) is 5.74. The van der Waals surface area contributed by atoms with Crippen LogP contribution in [0.1, 0.15) is 13.8 Å². The molecule has 0 atom stereocenters. The fourth-order valence-electron chi connectivity index (χ4n) is 3.55. The summed E-state index contributed by atoms with van der Waals surface area (Å²) in [4.78, 5) is 19.8. The molecule has 8 heteroatoms. The van der Waals surface area contributed by atoms with Gasteiger partial charge in [-0.25, -0.2) is 9.97 Å². The molecule has 0 radical (unpaired) electrons. The second-order valence-electron chi connectivity index (χ2n) is 8.77. The van der Waals surface area contributed by atoms with Crippen LogP contribution in [0.3, 0.4) is 0 Å². The molecule has 37 heavy (non-hydrogen) atoms. The van der Waals surface area contributed by atoms with E-state index in [4.69, 9.17) is 21.4 Å². The van der Waals surface area contributed by atoms with Crippen molar-refractivity contribution in [3.8, 4) is 22.5 Å². The van der Waals surface area contributed by atoms with Gasteiger partial charge in [0.25, 0.3) is 0 Å². The lowest BCUT2D eigenvalue weighted by Crippen LogP contribution is -2.16. The van der Waals surface area contributed by atoms with Crippen molar-refractivity contribution < 1.29 is 4.79 Å². The quantitative estimate of drug-likeness (QED) is 0.178. The van der Waals surface area contributed by atoms with Gasteiger partial charge in [0.2, 0.25) is 5.91 Å². The van der Waals surface area contributed by atoms with E-state index in [0.717, 1.165) is 39.1 Å². The second kappa shape index (κ2) is 11.2. The summed E-state index contributed by atoms with van der Waals surface area (Å²) < 4.78 is 0. The van der Waals surface area contributed by atoms with Gasteiger partial charge in [-0.1, -0.05) is 56.8 Å². The molecule has 0 aliphatic heterocycles. The van der Waals surface area contributed by atoms with Crippen molar-refractivity contribution in [3.63, 3.8) is 0 Å². The zero-order valence-electron chi connectivity index (χ0n) is 20.8. The molecule has 0 bridgehead atoms. The van der Waals surface area contributed by atoms with Crippen LogP contribution in [-0.4, -0.2) is 26.1 Å². The van der Waals surface area contributed by atoms with Crippen LogP contribution >= 0.6 is 0 Å². The molecule has 8 nitrogen and oxygen atoms in total. The molecule has 0 saturated heterocycles. The van der Waals surface area contributed by atoms with Crippen LogP contribution in [0.2, 0.25) is 0 Å². The Balaban J connectivity index is 0.000000349. The number of amides is 1. The molecular weight excluding hydrogens is 462 g/mol. The van der Waals surface area contributed by atoms with Gasteiger partial charge >= 0.3 is 0 Å². The monoisotopic (exact) mass is 491 g/mol. The maximum Gasteiger partial charge on any atom is 0.244 e. The van der Waals surface area contributed by atoms with Crippen LogP contribution < -0.4 is 16.8 Å². The Morgan fingerprint density at radius 3 is 2.32 bits per heavy atom. The molecule has 0 unspecified atom stereocenters. The number of aromatic amines is 1. The largest absolute Gasteiger partial charge is 0.399 e. The number of rotatable bonds is 6. The highest BCUT2D eigenvalue weighted by molar-refractivity contribution is 5.92. The third kappa shape index (κ3) is 6.18. The molecular formula is C29H29N7O. The molecule has 6 N–H and O–H groups in total. The first kappa shape index (κ1) is 25.1. The number of nitrogens with zero attached hydrogens (tertiary/aromatic N) is 3. The van der Waals surface area contributed by atoms with Crippen molar-refractivity contribution in [2.45, 2.75) is 13.8 Å². The lowest BCUT2D eigenvalue weighted by Gasteiger charge is -2.12. The number of H-pyrrole nitrogens is 1. The number of fused-ring (bicyclic) bond motifs is 1. The Bertz CT molecular complexity index is 1520. The highest BCUT2D eigenvalue weighted by Gasteiger charge is 2.10. The number of nitrogens with one attached hydrogen (secondary N) is 2. The highest BCUT2D eigenvalue weighted by Crippen LogP contribution is 2.29. The van der Waals surface area contributed by atoms with E-state index < -0.39 is 5.91 Å². The number of primary amides is 1. The Kier molecular flexibility index (Phi) is 7.59. The van der Waals surface area contributed by atoms with Gasteiger partial charge in [0, 0.05) is 39.7 Å². The number of benzene rings is 3. The van der Waals surface area contributed by atoms with Gasteiger partial charge in [0.15, 0.2) is 5.82 Å². The van der Waals surface area contributed by atoms with Crippen molar-refractivity contribution in [1.82, 2.24) is 20.2 Å². The van der Waals surface area contributed by atoms with E-state index in [9.17, 15) is 4.79 Å². The first-order valence-corrected chi connectivity index (χ1v) is 11.8. The number of hydrogen-bond donors (Lipinski definition) is 4. The highest BCUT2D eigenvalue weighted by atomic mass is 16.1. The summed E-state index contributed by atoms with van der Waals surface area (Å²) in [5, 5.41) is 11.2. The molecule has 0 aliphatic rings. The topological polar surface area (TPSA) is 136 Å². The minimum atomic E-state index is -0.403. The number of nitrogens with two attached hydrogens (primary N) is 2. The fraction of sp³-hybridized carbons (Fsp3) is 0.103. The van der Waals surface area contributed by atoms with Gasteiger partial charge < -0.3 is 16.8 Å². The number of nitrogen functional groups attached to an aromatic ring is 1. The van der Waals surface area contributed by atoms with Gasteiger partial charge in [-0.05, 0) is 47.9 Å². The van der Waals surface area contributed by atoms with Gasteiger partial charge in [-0.15, -0.1) is 0 Å². The smallest absolute Gasteiger partial charge is 0.244 e. The fourth-order valence-corrected chi connectivity index (χ4v) is 3.55. The van der Waals surface area contributed by atoms with Crippen LogP contribution in [0.4, 0.5) is 17.2 Å². The first-order chi connectivity index (χ1) is 17.8. The van der Waals surface area contributed by atoms with Crippen LogP contribution in [0.5, 0.6) is 0 Å². The second-order valence-corrected chi connectivity index (χ2v) is 8.77. The van der Waals surface area contributed by atoms with Crippen molar-refractivity contribution in [2.75, 3.05) is 11.1 Å². The average Bonchev–Trinajstić information content (AvgIpc) is 3.44. The summed E-state index contributed by atoms with van der Waals surface area (Å²) in [6.07, 6.45) is 3.68. The van der Waals surface area contributed by atoms with Crippen molar-refractivity contribution in [3.05, 3.63) is 97.3 Å². The molecule has 2 aromatic heterocycles. The summed E-state index contributed by atoms with van der Waals surface area (Å²) in [5.74, 6) is 1.16. The van der Waals surface area contributed by atoms with Crippen LogP contribution in [0.15, 0.2) is 97.3 Å². The summed E-state index contributed by atoms with van der Waals surface area (Å²) in [6.45, 7) is 7.24. The zero-order valence-corrected chi connectivity index (χ0v) is 20.8. The minimum absolute atomic E-state index is 0.174.